The van der Waals surface area contributed by atoms with E-state index in [2.05, 4.69) is 0 Å². The second-order valence-corrected chi connectivity index (χ2v) is 7.23. The molecular formula is C14H18N2O3S. The summed E-state index contributed by atoms with van der Waals surface area (Å²) in [5, 5.41) is 5.19. The summed E-state index contributed by atoms with van der Waals surface area (Å²) in [7, 11) is -3.87. The molecule has 1 saturated heterocycles. The number of fused-ring (bicyclic) bond motifs is 1. The lowest BCUT2D eigenvalue weighted by Crippen LogP contribution is -2.31. The Morgan fingerprint density at radius 2 is 1.75 bits per heavy atom. The monoisotopic (exact) mass is 294 g/mol. The molecule has 20 heavy (non-hydrogen) atoms. The molecule has 6 heteroatoms. The number of likely N-dealkylation sites (tertiary alicyclic amines) is 1. The molecule has 1 aromatic carbocycles. The fourth-order valence-corrected chi connectivity index (χ4v) is 4.19. The second-order valence-electron chi connectivity index (χ2n) is 5.70. The molecule has 1 aliphatic carbocycles. The average Bonchev–Trinajstić information content (AvgIpc) is 2.97. The number of benzene rings is 1. The summed E-state index contributed by atoms with van der Waals surface area (Å²) in [5.74, 6) is 0.949. The number of sulfonamides is 1. The highest BCUT2D eigenvalue weighted by molar-refractivity contribution is 7.89. The van der Waals surface area contributed by atoms with Crippen molar-refractivity contribution in [2.24, 2.45) is 17.0 Å². The van der Waals surface area contributed by atoms with E-state index in [0.717, 1.165) is 13.1 Å². The van der Waals surface area contributed by atoms with Crippen LogP contribution in [0.4, 0.5) is 0 Å². The highest BCUT2D eigenvalue weighted by Gasteiger charge is 2.38. The number of hydrogen-bond donors (Lipinski definition) is 1. The largest absolute Gasteiger partial charge is 0.338 e. The lowest BCUT2D eigenvalue weighted by Gasteiger charge is -2.18. The van der Waals surface area contributed by atoms with Crippen LogP contribution >= 0.6 is 0 Å². The van der Waals surface area contributed by atoms with Gasteiger partial charge in [0.05, 0.1) is 10.5 Å². The molecule has 108 valence electrons. The SMILES string of the molecule is NS(=O)(=O)c1ccccc1C(=O)N1CC2CCCC2C1. The van der Waals surface area contributed by atoms with Gasteiger partial charge in [0, 0.05) is 13.1 Å². The average molecular weight is 294 g/mol. The van der Waals surface area contributed by atoms with Crippen molar-refractivity contribution in [2.75, 3.05) is 13.1 Å². The van der Waals surface area contributed by atoms with E-state index < -0.39 is 10.0 Å². The molecule has 2 atom stereocenters. The first-order valence-corrected chi connectivity index (χ1v) is 8.42. The summed E-state index contributed by atoms with van der Waals surface area (Å²) >= 11 is 0. The Balaban J connectivity index is 1.89. The summed E-state index contributed by atoms with van der Waals surface area (Å²) in [4.78, 5) is 14.2. The van der Waals surface area contributed by atoms with E-state index in [4.69, 9.17) is 5.14 Å². The molecule has 2 unspecified atom stereocenters. The third kappa shape index (κ3) is 2.33. The first-order valence-electron chi connectivity index (χ1n) is 6.88. The molecule has 0 bridgehead atoms. The second kappa shape index (κ2) is 4.86. The highest BCUT2D eigenvalue weighted by atomic mass is 32.2. The Labute approximate surface area is 118 Å². The Hall–Kier alpha value is -1.40. The quantitative estimate of drug-likeness (QED) is 0.890. The van der Waals surface area contributed by atoms with Crippen LogP contribution in [0.3, 0.4) is 0 Å². The molecule has 0 aromatic heterocycles. The summed E-state index contributed by atoms with van der Waals surface area (Å²) in [6.45, 7) is 1.48. The maximum atomic E-state index is 12.6. The van der Waals surface area contributed by atoms with Gasteiger partial charge in [-0.05, 0) is 36.8 Å². The van der Waals surface area contributed by atoms with Crippen molar-refractivity contribution in [3.05, 3.63) is 29.8 Å². The van der Waals surface area contributed by atoms with Gasteiger partial charge in [-0.25, -0.2) is 13.6 Å². The topological polar surface area (TPSA) is 80.5 Å². The standard InChI is InChI=1S/C14H18N2O3S/c15-20(18,19)13-7-2-1-6-12(13)14(17)16-8-10-4-3-5-11(10)9-16/h1-2,6-7,10-11H,3-5,8-9H2,(H2,15,18,19). The maximum Gasteiger partial charge on any atom is 0.255 e. The zero-order valence-electron chi connectivity index (χ0n) is 11.2. The molecule has 3 rings (SSSR count). The Kier molecular flexibility index (Phi) is 3.30. The number of nitrogens with zero attached hydrogens (tertiary/aromatic N) is 1. The molecule has 5 nitrogen and oxygen atoms in total. The van der Waals surface area contributed by atoms with Crippen molar-refractivity contribution in [3.63, 3.8) is 0 Å². The minimum absolute atomic E-state index is 0.0814. The number of hydrogen-bond acceptors (Lipinski definition) is 3. The van der Waals surface area contributed by atoms with Gasteiger partial charge in [0.25, 0.3) is 5.91 Å². The van der Waals surface area contributed by atoms with Crippen LogP contribution in [0.2, 0.25) is 0 Å². The predicted molar refractivity (Wildman–Crippen MR) is 74.5 cm³/mol. The summed E-state index contributed by atoms with van der Waals surface area (Å²) < 4.78 is 23.2. The van der Waals surface area contributed by atoms with Gasteiger partial charge in [0.2, 0.25) is 10.0 Å². The van der Waals surface area contributed by atoms with Gasteiger partial charge < -0.3 is 4.90 Å². The number of carbonyl (C=O) groups excluding carboxylic acids is 1. The van der Waals surface area contributed by atoms with Gasteiger partial charge in [-0.2, -0.15) is 0 Å². The fourth-order valence-electron chi connectivity index (χ4n) is 3.46. The lowest BCUT2D eigenvalue weighted by molar-refractivity contribution is 0.0777. The molecule has 2 fully saturated rings. The van der Waals surface area contributed by atoms with Gasteiger partial charge in [-0.1, -0.05) is 18.6 Å². The smallest absolute Gasteiger partial charge is 0.255 e. The zero-order valence-corrected chi connectivity index (χ0v) is 12.0. The van der Waals surface area contributed by atoms with E-state index in [1.165, 1.54) is 31.4 Å². The summed E-state index contributed by atoms with van der Waals surface area (Å²) in [6, 6.07) is 6.17. The third-order valence-electron chi connectivity index (χ3n) is 4.44. The Morgan fingerprint density at radius 1 is 1.15 bits per heavy atom. The minimum Gasteiger partial charge on any atom is -0.338 e. The third-order valence-corrected chi connectivity index (χ3v) is 5.41. The van der Waals surface area contributed by atoms with Crippen LogP contribution in [0.25, 0.3) is 0 Å². The number of primary sulfonamides is 1. The minimum atomic E-state index is -3.87. The number of amides is 1. The van der Waals surface area contributed by atoms with Crippen LogP contribution in [0.15, 0.2) is 29.2 Å². The van der Waals surface area contributed by atoms with Gasteiger partial charge in [-0.3, -0.25) is 4.79 Å². The van der Waals surface area contributed by atoms with Crippen LogP contribution in [0, 0.1) is 11.8 Å². The normalized spacial score (nSPS) is 25.8. The molecule has 0 spiro atoms. The first kappa shape index (κ1) is 13.6. The Morgan fingerprint density at radius 3 is 2.35 bits per heavy atom. The number of carbonyl (C=O) groups is 1. The molecule has 1 amide bonds. The van der Waals surface area contributed by atoms with E-state index in [-0.39, 0.29) is 16.4 Å². The summed E-state index contributed by atoms with van der Waals surface area (Å²) in [6.07, 6.45) is 3.59. The molecule has 2 N–H and O–H groups in total. The van der Waals surface area contributed by atoms with Crippen molar-refractivity contribution in [2.45, 2.75) is 24.2 Å². The van der Waals surface area contributed by atoms with E-state index in [9.17, 15) is 13.2 Å². The van der Waals surface area contributed by atoms with Crippen LogP contribution in [-0.4, -0.2) is 32.3 Å². The first-order chi connectivity index (χ1) is 9.47. The van der Waals surface area contributed by atoms with Crippen LogP contribution in [-0.2, 0) is 10.0 Å². The van der Waals surface area contributed by atoms with Gasteiger partial charge in [0.15, 0.2) is 0 Å². The van der Waals surface area contributed by atoms with Crippen LogP contribution in [0.1, 0.15) is 29.6 Å². The fraction of sp³-hybridized carbons (Fsp3) is 0.500. The maximum absolute atomic E-state index is 12.6. The molecule has 1 saturated carbocycles. The van der Waals surface area contributed by atoms with Crippen molar-refractivity contribution in [1.82, 2.24) is 4.90 Å². The molecule has 2 aliphatic rings. The molecular weight excluding hydrogens is 276 g/mol. The van der Waals surface area contributed by atoms with Gasteiger partial charge >= 0.3 is 0 Å². The van der Waals surface area contributed by atoms with E-state index in [1.54, 1.807) is 17.0 Å². The van der Waals surface area contributed by atoms with Crippen LogP contribution in [0.5, 0.6) is 0 Å². The van der Waals surface area contributed by atoms with Crippen molar-refractivity contribution >= 4 is 15.9 Å². The molecule has 0 radical (unpaired) electrons. The van der Waals surface area contributed by atoms with Gasteiger partial charge in [-0.15, -0.1) is 0 Å². The van der Waals surface area contributed by atoms with Crippen molar-refractivity contribution in [1.29, 1.82) is 0 Å². The molecule has 1 aliphatic heterocycles. The summed E-state index contributed by atoms with van der Waals surface area (Å²) in [5.41, 5.74) is 0.190. The van der Waals surface area contributed by atoms with Crippen LogP contribution < -0.4 is 5.14 Å². The van der Waals surface area contributed by atoms with Crippen molar-refractivity contribution < 1.29 is 13.2 Å². The number of rotatable bonds is 2. The van der Waals surface area contributed by atoms with E-state index in [1.807, 2.05) is 0 Å². The van der Waals surface area contributed by atoms with E-state index >= 15 is 0 Å². The number of nitrogens with two attached hydrogens (primary N) is 1. The molecule has 1 heterocycles. The van der Waals surface area contributed by atoms with E-state index in [0.29, 0.717) is 11.8 Å². The molecule has 1 aromatic rings. The highest BCUT2D eigenvalue weighted by Crippen LogP contribution is 2.38. The van der Waals surface area contributed by atoms with Gasteiger partial charge in [0.1, 0.15) is 0 Å². The predicted octanol–water partition coefficient (Wildman–Crippen LogP) is 1.21. The van der Waals surface area contributed by atoms with Crippen molar-refractivity contribution in [3.8, 4) is 0 Å². The lowest BCUT2D eigenvalue weighted by atomic mass is 10.0. The Bertz CT molecular complexity index is 630. The zero-order chi connectivity index (χ0) is 14.3.